The van der Waals surface area contributed by atoms with Crippen LogP contribution in [0.5, 0.6) is 0 Å². The summed E-state index contributed by atoms with van der Waals surface area (Å²) in [5.74, 6) is 1.45. The van der Waals surface area contributed by atoms with Crippen molar-refractivity contribution in [3.8, 4) is 11.1 Å². The van der Waals surface area contributed by atoms with Crippen molar-refractivity contribution >= 4 is 35.2 Å². The van der Waals surface area contributed by atoms with Crippen LogP contribution in [0.15, 0.2) is 69.7 Å². The van der Waals surface area contributed by atoms with E-state index in [0.29, 0.717) is 35.5 Å². The first-order valence-corrected chi connectivity index (χ1v) is 13.6. The number of piperidine rings is 1. The van der Waals surface area contributed by atoms with Crippen molar-refractivity contribution in [2.45, 2.75) is 32.6 Å². The van der Waals surface area contributed by atoms with Crippen molar-refractivity contribution in [1.29, 1.82) is 0 Å². The van der Waals surface area contributed by atoms with Gasteiger partial charge in [0.1, 0.15) is 12.3 Å². The van der Waals surface area contributed by atoms with Crippen LogP contribution in [0, 0.1) is 6.92 Å². The van der Waals surface area contributed by atoms with E-state index < -0.39 is 0 Å². The first-order chi connectivity index (χ1) is 19.4. The largest absolute Gasteiger partial charge is 0.394 e. The molecule has 4 aromatic rings. The molecule has 9 heteroatoms. The Morgan fingerprint density at radius 2 is 1.85 bits per heavy atom. The molecule has 1 aliphatic heterocycles. The number of oxime groups is 1. The lowest BCUT2D eigenvalue weighted by Gasteiger charge is -2.29. The van der Waals surface area contributed by atoms with Gasteiger partial charge in [-0.1, -0.05) is 29.4 Å². The van der Waals surface area contributed by atoms with Gasteiger partial charge in [-0.2, -0.15) is 4.98 Å². The number of nitrogens with one attached hydrogen (secondary N) is 1. The third-order valence-electron chi connectivity index (χ3n) is 7.51. The molecule has 9 nitrogen and oxygen atoms in total. The number of aryl methyl sites for hydroxylation is 2. The lowest BCUT2D eigenvalue weighted by Crippen LogP contribution is -2.29. The Hall–Kier alpha value is -4.37. The van der Waals surface area contributed by atoms with Crippen LogP contribution >= 0.6 is 0 Å². The average molecular weight is 538 g/mol. The number of benzene rings is 2. The van der Waals surface area contributed by atoms with Gasteiger partial charge in [0.25, 0.3) is 5.56 Å². The zero-order valence-electron chi connectivity index (χ0n) is 23.5. The van der Waals surface area contributed by atoms with Crippen molar-refractivity contribution in [2.24, 2.45) is 17.2 Å². The van der Waals surface area contributed by atoms with Gasteiger partial charge in [0.15, 0.2) is 5.84 Å². The topological polar surface area (TPSA) is 97.0 Å². The van der Waals surface area contributed by atoms with E-state index in [2.05, 4.69) is 68.4 Å². The van der Waals surface area contributed by atoms with Gasteiger partial charge in [-0.15, -0.1) is 0 Å². The number of pyridine rings is 1. The quantitative estimate of drug-likeness (QED) is 0.196. The molecule has 0 spiro atoms. The predicted octanol–water partition coefficient (Wildman–Crippen LogP) is 5.26. The van der Waals surface area contributed by atoms with E-state index in [9.17, 15) is 4.79 Å². The maximum absolute atomic E-state index is 13.4. The number of likely N-dealkylation sites (tertiary alicyclic amines) is 1. The molecule has 1 fully saturated rings. The molecule has 2 aromatic heterocycles. The minimum absolute atomic E-state index is 0.138. The Labute approximate surface area is 234 Å². The second kappa shape index (κ2) is 11.8. The number of aromatic nitrogens is 3. The standard InChI is InChI=1S/C31H35N7O2/c1-6-40-36-28(32-3)23-9-12-26(20(2)17-23)27-18-24-19-33-31(35-29(24)38(5)30(27)39)34-25-10-7-21(8-11-25)22-13-15-37(4)16-14-22/h7-12,17-19,22H,3,6,13-16H2,1-2,4-5H3,(H,33,34,35)/b36-28-. The zero-order chi connectivity index (χ0) is 28.2. The molecule has 0 bridgehead atoms. The maximum Gasteiger partial charge on any atom is 0.259 e. The molecule has 1 N–H and O–H groups in total. The van der Waals surface area contributed by atoms with Crippen LogP contribution in [0.2, 0.25) is 0 Å². The summed E-state index contributed by atoms with van der Waals surface area (Å²) >= 11 is 0. The summed E-state index contributed by atoms with van der Waals surface area (Å²) in [5.41, 5.74) is 5.77. The molecule has 0 saturated carbocycles. The highest BCUT2D eigenvalue weighted by Gasteiger charge is 2.18. The van der Waals surface area contributed by atoms with E-state index in [1.54, 1.807) is 17.8 Å². The smallest absolute Gasteiger partial charge is 0.259 e. The molecular formula is C31H35N7O2. The molecule has 206 valence electrons. The molecular weight excluding hydrogens is 502 g/mol. The summed E-state index contributed by atoms with van der Waals surface area (Å²) in [5, 5.41) is 8.07. The van der Waals surface area contributed by atoms with Crippen LogP contribution in [-0.2, 0) is 11.9 Å². The van der Waals surface area contributed by atoms with Crippen LogP contribution in [0.3, 0.4) is 0 Å². The highest BCUT2D eigenvalue weighted by atomic mass is 16.6. The van der Waals surface area contributed by atoms with E-state index in [4.69, 9.17) is 4.84 Å². The molecule has 0 atom stereocenters. The molecule has 1 aliphatic rings. The van der Waals surface area contributed by atoms with Crippen LogP contribution in [-0.4, -0.2) is 58.7 Å². The van der Waals surface area contributed by atoms with Crippen molar-refractivity contribution in [2.75, 3.05) is 32.1 Å². The second-order valence-electron chi connectivity index (χ2n) is 10.2. The number of rotatable bonds is 7. The lowest BCUT2D eigenvalue weighted by molar-refractivity contribution is 0.158. The van der Waals surface area contributed by atoms with Gasteiger partial charge in [0, 0.05) is 35.4 Å². The predicted molar refractivity (Wildman–Crippen MR) is 162 cm³/mol. The van der Waals surface area contributed by atoms with Gasteiger partial charge in [-0.25, -0.2) is 9.98 Å². The van der Waals surface area contributed by atoms with Crippen LogP contribution in [0.25, 0.3) is 22.2 Å². The summed E-state index contributed by atoms with van der Waals surface area (Å²) in [6, 6.07) is 16.0. The Morgan fingerprint density at radius 1 is 1.10 bits per heavy atom. The van der Waals surface area contributed by atoms with Gasteiger partial charge in [0.05, 0.1) is 0 Å². The SMILES string of the molecule is C=N/C(=N\OCC)c1ccc(-c2cc3cnc(Nc4ccc(C5CCN(C)CC5)cc4)nc3n(C)c2=O)c(C)c1. The van der Waals surface area contributed by atoms with Gasteiger partial charge < -0.3 is 15.1 Å². The van der Waals surface area contributed by atoms with Gasteiger partial charge in [-0.05, 0) is 100 Å². The molecule has 0 aliphatic carbocycles. The van der Waals surface area contributed by atoms with Crippen LogP contribution in [0.4, 0.5) is 11.6 Å². The summed E-state index contributed by atoms with van der Waals surface area (Å²) in [6.45, 7) is 10.1. The molecule has 0 unspecified atom stereocenters. The number of fused-ring (bicyclic) bond motifs is 1. The van der Waals surface area contributed by atoms with Crippen LogP contribution < -0.4 is 10.9 Å². The molecule has 0 radical (unpaired) electrons. The zero-order valence-corrected chi connectivity index (χ0v) is 23.5. The first-order valence-electron chi connectivity index (χ1n) is 13.6. The van der Waals surface area contributed by atoms with E-state index in [-0.39, 0.29) is 5.56 Å². The van der Waals surface area contributed by atoms with Gasteiger partial charge in [0.2, 0.25) is 5.95 Å². The molecule has 40 heavy (non-hydrogen) atoms. The number of hydrogen-bond donors (Lipinski definition) is 1. The van der Waals surface area contributed by atoms with E-state index in [0.717, 1.165) is 40.9 Å². The normalized spacial score (nSPS) is 14.8. The summed E-state index contributed by atoms with van der Waals surface area (Å²) < 4.78 is 1.57. The number of aliphatic imine (C=N–C) groups is 1. The van der Waals surface area contributed by atoms with E-state index >= 15 is 0 Å². The molecule has 1 saturated heterocycles. The summed E-state index contributed by atoms with van der Waals surface area (Å²) in [6.07, 6.45) is 4.12. The highest BCUT2D eigenvalue weighted by molar-refractivity contribution is 6.01. The minimum atomic E-state index is -0.138. The fraction of sp³-hybridized carbons (Fsp3) is 0.323. The number of amidine groups is 1. The molecule has 2 aromatic carbocycles. The summed E-state index contributed by atoms with van der Waals surface area (Å²) in [4.78, 5) is 34.1. The Bertz CT molecular complexity index is 1620. The average Bonchev–Trinajstić information content (AvgIpc) is 2.97. The monoisotopic (exact) mass is 537 g/mol. The van der Waals surface area contributed by atoms with Gasteiger partial charge >= 0.3 is 0 Å². The Balaban J connectivity index is 1.39. The minimum Gasteiger partial charge on any atom is -0.394 e. The summed E-state index contributed by atoms with van der Waals surface area (Å²) in [7, 11) is 3.92. The van der Waals surface area contributed by atoms with Crippen LogP contribution in [0.1, 0.15) is 42.4 Å². The number of anilines is 2. The molecule has 0 amide bonds. The highest BCUT2D eigenvalue weighted by Crippen LogP contribution is 2.29. The maximum atomic E-state index is 13.4. The lowest BCUT2D eigenvalue weighted by atomic mass is 9.89. The van der Waals surface area contributed by atoms with Crippen molar-refractivity contribution in [3.63, 3.8) is 0 Å². The first kappa shape index (κ1) is 27.2. The third-order valence-corrected chi connectivity index (χ3v) is 7.51. The number of hydrogen-bond acceptors (Lipinski definition) is 7. The van der Waals surface area contributed by atoms with Crippen molar-refractivity contribution < 1.29 is 4.84 Å². The second-order valence-corrected chi connectivity index (χ2v) is 10.2. The fourth-order valence-electron chi connectivity index (χ4n) is 5.21. The van der Waals surface area contributed by atoms with Gasteiger partial charge in [-0.3, -0.25) is 9.36 Å². The van der Waals surface area contributed by atoms with E-state index in [1.807, 2.05) is 38.1 Å². The van der Waals surface area contributed by atoms with E-state index in [1.165, 1.54) is 18.4 Å². The molecule has 3 heterocycles. The Morgan fingerprint density at radius 3 is 2.52 bits per heavy atom. The molecule has 5 rings (SSSR count). The third kappa shape index (κ3) is 5.65. The van der Waals surface area contributed by atoms with Crippen molar-refractivity contribution in [1.82, 2.24) is 19.4 Å². The Kier molecular flexibility index (Phi) is 8.02. The fourth-order valence-corrected chi connectivity index (χ4v) is 5.21. The van der Waals surface area contributed by atoms with Crippen molar-refractivity contribution in [3.05, 3.63) is 81.8 Å². The number of nitrogens with zero attached hydrogens (tertiary/aromatic N) is 6.